The largest absolute Gasteiger partial charge is 0.344 e. The lowest BCUT2D eigenvalue weighted by Gasteiger charge is -2.35. The molecule has 0 N–H and O–H groups in total. The van der Waals surface area contributed by atoms with Crippen LogP contribution >= 0.6 is 0 Å². The quantitative estimate of drug-likeness (QED) is 0.0836. The Morgan fingerprint density at radius 3 is 1.68 bits per heavy atom. The van der Waals surface area contributed by atoms with Crippen LogP contribution in [0.3, 0.4) is 0 Å². The number of hydrogen-bond acceptors (Lipinski definition) is 1. The molecule has 2 heterocycles. The zero-order chi connectivity index (χ0) is 43.4. The van der Waals surface area contributed by atoms with E-state index in [1.165, 1.54) is 66.9 Å². The molecule has 0 radical (unpaired) electrons. The van der Waals surface area contributed by atoms with Gasteiger partial charge in [-0.25, -0.2) is 9.69 Å². The van der Waals surface area contributed by atoms with Gasteiger partial charge in [0, 0.05) is 35.0 Å². The topological polar surface area (TPSA) is 15.0 Å². The van der Waals surface area contributed by atoms with Gasteiger partial charge in [0.25, 0.3) is 0 Å². The van der Waals surface area contributed by atoms with E-state index in [9.17, 15) is 0 Å². The summed E-state index contributed by atoms with van der Waals surface area (Å²) < 4.78 is 2.44. The highest BCUT2D eigenvalue weighted by molar-refractivity contribution is 6.08. The first-order chi connectivity index (χ1) is 30.8. The smallest absolute Gasteiger partial charge is 0.217 e. The first-order valence-electron chi connectivity index (χ1n) is 22.2. The first-order valence-corrected chi connectivity index (χ1v) is 22.2. The van der Waals surface area contributed by atoms with Crippen molar-refractivity contribution in [3.05, 3.63) is 250 Å². The molecule has 0 saturated carbocycles. The van der Waals surface area contributed by atoms with Crippen LogP contribution < -0.4 is 4.90 Å². The highest BCUT2D eigenvalue weighted by Crippen LogP contribution is 2.53. The van der Waals surface area contributed by atoms with Gasteiger partial charge in [-0.3, -0.25) is 0 Å². The van der Waals surface area contributed by atoms with Crippen LogP contribution in [0.4, 0.5) is 22.7 Å². The van der Waals surface area contributed by atoms with Crippen LogP contribution in [0.2, 0.25) is 0 Å². The van der Waals surface area contributed by atoms with E-state index in [4.69, 9.17) is 13.1 Å². The monoisotopic (exact) mass is 817 g/mol. The van der Waals surface area contributed by atoms with Crippen molar-refractivity contribution in [2.75, 3.05) is 18.5 Å². The molecule has 0 saturated heterocycles. The SMILES string of the molecule is [C-]#[N+]c1ccc(CC2(Cc3ccc([N+]#[C-])cc3)C(C=CC=C3N(CCC(C)C)c4ccccc4C3(Cc3ccccc3)Cc3ccccc3)=[N+](C)c3c2ccc2ccccc32)cc1. The Bertz CT molecular complexity index is 2840. The van der Waals surface area contributed by atoms with Crippen LogP contribution in [0.5, 0.6) is 0 Å². The molecule has 0 aromatic heterocycles. The standard InChI is InChI=1S/C59H53N4/c1-43(2)37-38-63-54-24-15-14-23-52(54)58(39-44-17-8-6-9-18-44,40-45-19-10-7-11-20-45)56(63)26-16-25-55-59(41-46-27-32-49(60-3)33-28-46,42-47-29-34-50(61-4)35-30-47)53-36-31-48-21-12-13-22-51(48)57(53)62(55)5/h6-36,43H,37-42H2,1-2,5H3/q+1. The van der Waals surface area contributed by atoms with Crippen LogP contribution in [0.1, 0.15) is 53.6 Å². The second-order valence-corrected chi connectivity index (χ2v) is 17.8. The van der Waals surface area contributed by atoms with Crippen LogP contribution in [0.25, 0.3) is 20.5 Å². The highest BCUT2D eigenvalue weighted by Gasteiger charge is 2.51. The first kappa shape index (κ1) is 41.1. The Kier molecular flexibility index (Phi) is 11.5. The number of anilines is 1. The lowest BCUT2D eigenvalue weighted by Crippen LogP contribution is -2.39. The van der Waals surface area contributed by atoms with Crippen molar-refractivity contribution in [2.45, 2.75) is 56.8 Å². The molecule has 7 aromatic rings. The molecule has 7 aromatic carbocycles. The Hall–Kier alpha value is -7.27. The summed E-state index contributed by atoms with van der Waals surface area (Å²) in [5.41, 5.74) is 13.2. The molecule has 0 fully saturated rings. The normalized spacial score (nSPS) is 15.5. The fourth-order valence-corrected chi connectivity index (χ4v) is 10.4. The average Bonchev–Trinajstić information content (AvgIpc) is 3.70. The molecule has 0 amide bonds. The predicted molar refractivity (Wildman–Crippen MR) is 262 cm³/mol. The second kappa shape index (κ2) is 17.6. The molecule has 2 aliphatic rings. The van der Waals surface area contributed by atoms with E-state index in [1.807, 2.05) is 24.3 Å². The molecular weight excluding hydrogens is 765 g/mol. The zero-order valence-corrected chi connectivity index (χ0v) is 36.5. The highest BCUT2D eigenvalue weighted by atomic mass is 15.2. The predicted octanol–water partition coefficient (Wildman–Crippen LogP) is 14.1. The van der Waals surface area contributed by atoms with E-state index in [-0.39, 0.29) is 5.41 Å². The van der Waals surface area contributed by atoms with Gasteiger partial charge in [-0.05, 0) is 89.4 Å². The summed E-state index contributed by atoms with van der Waals surface area (Å²) in [6, 6.07) is 60.8. The summed E-state index contributed by atoms with van der Waals surface area (Å²) in [5, 5.41) is 2.44. The molecule has 4 nitrogen and oxygen atoms in total. The Balaban J connectivity index is 1.27. The van der Waals surface area contributed by atoms with Gasteiger partial charge < -0.3 is 4.90 Å². The zero-order valence-electron chi connectivity index (χ0n) is 36.5. The van der Waals surface area contributed by atoms with Crippen molar-refractivity contribution in [2.24, 2.45) is 5.92 Å². The van der Waals surface area contributed by atoms with Crippen LogP contribution in [-0.2, 0) is 36.5 Å². The summed E-state index contributed by atoms with van der Waals surface area (Å²) in [6.07, 6.45) is 11.5. The Morgan fingerprint density at radius 1 is 0.571 bits per heavy atom. The van der Waals surface area contributed by atoms with Crippen LogP contribution in [-0.4, -0.2) is 23.9 Å². The third-order valence-electron chi connectivity index (χ3n) is 13.4. The molecule has 0 unspecified atom stereocenters. The fraction of sp³-hybridized carbons (Fsp3) is 0.203. The van der Waals surface area contributed by atoms with E-state index in [0.29, 0.717) is 17.3 Å². The third-order valence-corrected chi connectivity index (χ3v) is 13.4. The molecule has 4 heteroatoms. The Morgan fingerprint density at radius 2 is 1.10 bits per heavy atom. The minimum Gasteiger partial charge on any atom is -0.344 e. The summed E-state index contributed by atoms with van der Waals surface area (Å²) in [7, 11) is 2.24. The van der Waals surface area contributed by atoms with E-state index < -0.39 is 5.41 Å². The van der Waals surface area contributed by atoms with Gasteiger partial charge in [-0.2, -0.15) is 4.58 Å². The number of allylic oxidation sites excluding steroid dienone is 4. The number of hydrogen-bond donors (Lipinski definition) is 0. The van der Waals surface area contributed by atoms with Crippen molar-refractivity contribution in [1.29, 1.82) is 0 Å². The van der Waals surface area contributed by atoms with Crippen molar-refractivity contribution in [1.82, 2.24) is 0 Å². The molecule has 2 aliphatic heterocycles. The molecule has 9 rings (SSSR count). The minimum absolute atomic E-state index is 0.321. The molecule has 0 aliphatic carbocycles. The third kappa shape index (κ3) is 7.91. The van der Waals surface area contributed by atoms with Crippen molar-refractivity contribution in [3.63, 3.8) is 0 Å². The lowest BCUT2D eigenvalue weighted by molar-refractivity contribution is -0.400. The average molecular weight is 818 g/mol. The fourth-order valence-electron chi connectivity index (χ4n) is 10.4. The summed E-state index contributed by atoms with van der Waals surface area (Å²) in [6.45, 7) is 20.9. The summed E-state index contributed by atoms with van der Waals surface area (Å²) in [4.78, 5) is 10.1. The molecule has 0 atom stereocenters. The van der Waals surface area contributed by atoms with Crippen LogP contribution in [0, 0.1) is 19.1 Å². The lowest BCUT2D eigenvalue weighted by atomic mass is 9.68. The maximum atomic E-state index is 7.67. The van der Waals surface area contributed by atoms with Crippen molar-refractivity contribution < 1.29 is 4.58 Å². The van der Waals surface area contributed by atoms with Gasteiger partial charge in [-0.1, -0.05) is 178 Å². The van der Waals surface area contributed by atoms with Gasteiger partial charge in [0.15, 0.2) is 17.1 Å². The van der Waals surface area contributed by atoms with Gasteiger partial charge >= 0.3 is 0 Å². The summed E-state index contributed by atoms with van der Waals surface area (Å²) >= 11 is 0. The van der Waals surface area contributed by atoms with Gasteiger partial charge in [0.2, 0.25) is 5.69 Å². The van der Waals surface area contributed by atoms with E-state index >= 15 is 0 Å². The number of benzene rings is 7. The maximum Gasteiger partial charge on any atom is 0.217 e. The Labute approximate surface area is 373 Å². The number of nitrogens with zero attached hydrogens (tertiary/aromatic N) is 4. The second-order valence-electron chi connectivity index (χ2n) is 17.8. The number of para-hydroxylation sites is 1. The van der Waals surface area contributed by atoms with Gasteiger partial charge in [0.1, 0.15) is 7.05 Å². The number of rotatable bonds is 13. The van der Waals surface area contributed by atoms with E-state index in [1.54, 1.807) is 0 Å². The molecule has 63 heavy (non-hydrogen) atoms. The van der Waals surface area contributed by atoms with Crippen molar-refractivity contribution in [3.8, 4) is 0 Å². The van der Waals surface area contributed by atoms with E-state index in [0.717, 1.165) is 38.6 Å². The maximum absolute atomic E-state index is 7.67. The van der Waals surface area contributed by atoms with E-state index in [2.05, 4.69) is 204 Å². The van der Waals surface area contributed by atoms with Gasteiger partial charge in [-0.15, -0.1) is 0 Å². The molecular formula is C59H53N4+. The number of fused-ring (bicyclic) bond motifs is 4. The molecule has 0 bridgehead atoms. The van der Waals surface area contributed by atoms with Gasteiger partial charge in [0.05, 0.1) is 23.9 Å². The molecule has 308 valence electrons. The van der Waals surface area contributed by atoms with Crippen molar-refractivity contribution >= 4 is 39.2 Å². The minimum atomic E-state index is -0.469. The van der Waals surface area contributed by atoms with Crippen LogP contribution in [0.15, 0.2) is 194 Å². The summed E-state index contributed by atoms with van der Waals surface area (Å²) in [5.74, 6) is 0.552. The molecule has 0 spiro atoms.